The predicted molar refractivity (Wildman–Crippen MR) is 131 cm³/mol. The van der Waals surface area contributed by atoms with Crippen LogP contribution in [-0.2, 0) is 6.54 Å². The third kappa shape index (κ3) is 6.50. The van der Waals surface area contributed by atoms with E-state index in [1.807, 2.05) is 47.4 Å². The van der Waals surface area contributed by atoms with E-state index in [1.165, 1.54) is 11.3 Å². The molecule has 3 rings (SSSR count). The van der Waals surface area contributed by atoms with Crippen LogP contribution in [0.4, 0.5) is 0 Å². The van der Waals surface area contributed by atoms with Crippen molar-refractivity contribution in [2.75, 3.05) is 13.1 Å². The molecular weight excluding hydrogens is 418 g/mol. The Kier molecular flexibility index (Phi) is 8.99. The van der Waals surface area contributed by atoms with Gasteiger partial charge >= 0.3 is 0 Å². The molecule has 0 atom stereocenters. The van der Waals surface area contributed by atoms with Crippen LogP contribution in [0.3, 0.4) is 0 Å². The zero-order valence-corrected chi connectivity index (χ0v) is 19.7. The topological polar surface area (TPSA) is 62.3 Å². The van der Waals surface area contributed by atoms with Crippen LogP contribution >= 0.6 is 11.3 Å². The summed E-state index contributed by atoms with van der Waals surface area (Å²) in [5.74, 6) is -0.161. The van der Waals surface area contributed by atoms with Crippen molar-refractivity contribution < 1.29 is 9.59 Å². The predicted octanol–water partition coefficient (Wildman–Crippen LogP) is 5.78. The molecule has 2 amide bonds. The minimum Gasteiger partial charge on any atom is -0.351 e. The molecule has 32 heavy (non-hydrogen) atoms. The number of nitrogens with one attached hydrogen (secondary N) is 1. The van der Waals surface area contributed by atoms with Crippen LogP contribution in [0, 0.1) is 0 Å². The molecule has 0 aliphatic carbocycles. The number of nitrogens with zero attached hydrogens (tertiary/aromatic N) is 2. The number of hydrogen-bond donors (Lipinski definition) is 1. The Balaban J connectivity index is 1.69. The summed E-state index contributed by atoms with van der Waals surface area (Å²) < 4.78 is 0. The summed E-state index contributed by atoms with van der Waals surface area (Å²) in [6.45, 7) is 5.92. The molecule has 0 aliphatic rings. The average molecular weight is 450 g/mol. The number of thiazole rings is 1. The summed E-state index contributed by atoms with van der Waals surface area (Å²) >= 11 is 1.43. The van der Waals surface area contributed by atoms with Gasteiger partial charge in [-0.1, -0.05) is 69.2 Å². The van der Waals surface area contributed by atoms with Gasteiger partial charge in [-0.2, -0.15) is 0 Å². The monoisotopic (exact) mass is 449 g/mol. The van der Waals surface area contributed by atoms with Crippen molar-refractivity contribution in [3.05, 3.63) is 76.2 Å². The van der Waals surface area contributed by atoms with Crippen LogP contribution in [0.25, 0.3) is 11.1 Å². The third-order valence-electron chi connectivity index (χ3n) is 5.23. The van der Waals surface area contributed by atoms with Crippen LogP contribution < -0.4 is 5.32 Å². The number of unbranched alkanes of at least 4 members (excludes halogenated alkanes) is 2. The highest BCUT2D eigenvalue weighted by Gasteiger charge is 2.19. The number of carbonyl (C=O) groups is 2. The van der Waals surface area contributed by atoms with E-state index in [-0.39, 0.29) is 11.8 Å². The molecule has 0 bridgehead atoms. The quantitative estimate of drug-likeness (QED) is 0.377. The highest BCUT2D eigenvalue weighted by molar-refractivity contribution is 7.09. The summed E-state index contributed by atoms with van der Waals surface area (Å²) in [7, 11) is 0. The minimum absolute atomic E-state index is 0.0118. The molecule has 168 valence electrons. The molecule has 6 heteroatoms. The molecule has 0 aliphatic heterocycles. The van der Waals surface area contributed by atoms with Crippen LogP contribution in [0.1, 0.15) is 65.4 Å². The van der Waals surface area contributed by atoms with E-state index >= 15 is 0 Å². The smallest absolute Gasteiger partial charge is 0.270 e. The Labute approximate surface area is 194 Å². The van der Waals surface area contributed by atoms with Crippen LogP contribution in [0.5, 0.6) is 0 Å². The number of rotatable bonds is 11. The first-order valence-corrected chi connectivity index (χ1v) is 12.2. The molecular formula is C26H31N3O2S. The van der Waals surface area contributed by atoms with Gasteiger partial charge in [0.2, 0.25) is 0 Å². The molecule has 0 radical (unpaired) electrons. The molecule has 5 nitrogen and oxygen atoms in total. The fourth-order valence-corrected chi connectivity index (χ4v) is 4.13. The van der Waals surface area contributed by atoms with Crippen LogP contribution in [0.15, 0.2) is 60.0 Å². The molecule has 0 unspecified atom stereocenters. The zero-order chi connectivity index (χ0) is 22.8. The molecule has 0 fully saturated rings. The van der Waals surface area contributed by atoms with E-state index in [2.05, 4.69) is 36.3 Å². The summed E-state index contributed by atoms with van der Waals surface area (Å²) in [5.41, 5.74) is 3.30. The first-order chi connectivity index (χ1) is 15.6. The molecule has 0 saturated heterocycles. The number of benzene rings is 2. The summed E-state index contributed by atoms with van der Waals surface area (Å²) in [5, 5.41) is 5.44. The van der Waals surface area contributed by atoms with Gasteiger partial charge in [-0.25, -0.2) is 4.98 Å². The maximum absolute atomic E-state index is 13.2. The van der Waals surface area contributed by atoms with E-state index in [4.69, 9.17) is 0 Å². The van der Waals surface area contributed by atoms with Crippen molar-refractivity contribution in [2.24, 2.45) is 0 Å². The van der Waals surface area contributed by atoms with Gasteiger partial charge in [0, 0.05) is 24.0 Å². The maximum Gasteiger partial charge on any atom is 0.270 e. The second-order valence-corrected chi connectivity index (χ2v) is 8.70. The van der Waals surface area contributed by atoms with Gasteiger partial charge in [-0.15, -0.1) is 11.3 Å². The lowest BCUT2D eigenvalue weighted by molar-refractivity contribution is 0.0740. The zero-order valence-electron chi connectivity index (χ0n) is 18.8. The Bertz CT molecular complexity index is 999. The maximum atomic E-state index is 13.2. The van der Waals surface area contributed by atoms with Crippen molar-refractivity contribution in [1.82, 2.24) is 15.2 Å². The molecule has 1 N–H and O–H groups in total. The molecule has 2 aromatic carbocycles. The molecule has 1 aromatic heterocycles. The lowest BCUT2D eigenvalue weighted by atomic mass is 10.0. The van der Waals surface area contributed by atoms with Crippen molar-refractivity contribution in [3.8, 4) is 11.1 Å². The van der Waals surface area contributed by atoms with E-state index in [0.717, 1.165) is 41.8 Å². The van der Waals surface area contributed by atoms with E-state index in [0.29, 0.717) is 30.9 Å². The van der Waals surface area contributed by atoms with Gasteiger partial charge in [0.25, 0.3) is 11.8 Å². The lowest BCUT2D eigenvalue weighted by Gasteiger charge is -2.21. The third-order valence-corrected chi connectivity index (χ3v) is 6.07. The van der Waals surface area contributed by atoms with Crippen LogP contribution in [-0.4, -0.2) is 34.8 Å². The second-order valence-electron chi connectivity index (χ2n) is 7.76. The average Bonchev–Trinajstić information content (AvgIpc) is 3.31. The fraction of sp³-hybridized carbons (Fsp3) is 0.346. The largest absolute Gasteiger partial charge is 0.351 e. The lowest BCUT2D eigenvalue weighted by Crippen LogP contribution is -2.31. The highest BCUT2D eigenvalue weighted by atomic mass is 32.1. The van der Waals surface area contributed by atoms with Crippen molar-refractivity contribution >= 4 is 23.2 Å². The molecule has 1 heterocycles. The first kappa shape index (κ1) is 23.7. The van der Waals surface area contributed by atoms with Gasteiger partial charge in [-0.05, 0) is 36.1 Å². The molecule has 0 spiro atoms. The normalized spacial score (nSPS) is 10.7. The SMILES string of the molecule is CCCCNC(=O)c1csc(CN(CCCC)C(=O)c2ccc(-c3ccccc3)cc2)n1. The summed E-state index contributed by atoms with van der Waals surface area (Å²) in [4.78, 5) is 31.8. The van der Waals surface area contributed by atoms with Crippen molar-refractivity contribution in [3.63, 3.8) is 0 Å². The number of carbonyl (C=O) groups excluding carboxylic acids is 2. The summed E-state index contributed by atoms with van der Waals surface area (Å²) in [6, 6.07) is 17.9. The number of hydrogen-bond acceptors (Lipinski definition) is 4. The molecule has 3 aromatic rings. The van der Waals surface area contributed by atoms with Gasteiger partial charge in [0.05, 0.1) is 6.54 Å². The summed E-state index contributed by atoms with van der Waals surface area (Å²) in [6.07, 6.45) is 3.90. The first-order valence-electron chi connectivity index (χ1n) is 11.3. The van der Waals surface area contributed by atoms with Gasteiger partial charge in [0.1, 0.15) is 10.7 Å². The van der Waals surface area contributed by atoms with E-state index in [1.54, 1.807) is 5.38 Å². The number of amides is 2. The minimum atomic E-state index is -0.149. The van der Waals surface area contributed by atoms with Crippen molar-refractivity contribution in [2.45, 2.75) is 46.1 Å². The Morgan fingerprint density at radius 2 is 1.62 bits per heavy atom. The Hall–Kier alpha value is -2.99. The molecule has 0 saturated carbocycles. The van der Waals surface area contributed by atoms with Crippen LogP contribution in [0.2, 0.25) is 0 Å². The van der Waals surface area contributed by atoms with E-state index in [9.17, 15) is 9.59 Å². The Morgan fingerprint density at radius 3 is 2.31 bits per heavy atom. The van der Waals surface area contributed by atoms with Gasteiger partial charge in [-0.3, -0.25) is 9.59 Å². The number of aromatic nitrogens is 1. The Morgan fingerprint density at radius 1 is 0.938 bits per heavy atom. The van der Waals surface area contributed by atoms with E-state index < -0.39 is 0 Å². The second kappa shape index (κ2) is 12.2. The standard InChI is InChI=1S/C26H31N3O2S/c1-3-5-16-27-25(30)23-19-32-24(28-23)18-29(17-6-4-2)26(31)22-14-12-21(13-15-22)20-10-8-7-9-11-20/h7-15,19H,3-6,16-18H2,1-2H3,(H,27,30). The highest BCUT2D eigenvalue weighted by Crippen LogP contribution is 2.21. The van der Waals surface area contributed by atoms with Gasteiger partial charge < -0.3 is 10.2 Å². The fourth-order valence-electron chi connectivity index (χ4n) is 3.34. The van der Waals surface area contributed by atoms with Crippen molar-refractivity contribution in [1.29, 1.82) is 0 Å². The van der Waals surface area contributed by atoms with Gasteiger partial charge in [0.15, 0.2) is 0 Å².